The predicted molar refractivity (Wildman–Crippen MR) is 139 cm³/mol. The Balaban J connectivity index is 1.22. The summed E-state index contributed by atoms with van der Waals surface area (Å²) in [4.78, 5) is 32.6. The molecule has 2 aliphatic rings. The van der Waals surface area contributed by atoms with Crippen molar-refractivity contribution in [3.05, 3.63) is 36.4 Å². The zero-order valence-corrected chi connectivity index (χ0v) is 21.0. The minimum atomic E-state index is -0.00858. The number of likely N-dealkylation sites (tertiary alicyclic amines) is 1. The van der Waals surface area contributed by atoms with Gasteiger partial charge in [-0.1, -0.05) is 12.1 Å². The first-order chi connectivity index (χ1) is 16.4. The van der Waals surface area contributed by atoms with E-state index < -0.39 is 0 Å². The Hall–Kier alpha value is -2.30. The number of carbonyl (C=O) groups excluding carboxylic acids is 2. The van der Waals surface area contributed by atoms with E-state index in [1.165, 1.54) is 0 Å². The first-order valence-electron chi connectivity index (χ1n) is 12.1. The van der Waals surface area contributed by atoms with Crippen molar-refractivity contribution >= 4 is 33.8 Å². The second-order valence-corrected chi connectivity index (χ2v) is 10.5. The molecule has 9 heteroatoms. The number of amides is 2. The van der Waals surface area contributed by atoms with Crippen molar-refractivity contribution in [2.45, 2.75) is 18.9 Å². The molecule has 2 amide bonds. The number of rotatable bonds is 8. The van der Waals surface area contributed by atoms with Crippen LogP contribution in [0.3, 0.4) is 0 Å². The lowest BCUT2D eigenvalue weighted by molar-refractivity contribution is -0.118. The topological polar surface area (TPSA) is 79.9 Å². The lowest BCUT2D eigenvalue weighted by atomic mass is 10.1. The van der Waals surface area contributed by atoms with Gasteiger partial charge in [-0.25, -0.2) is 0 Å². The first-order valence-corrected chi connectivity index (χ1v) is 12.9. The van der Waals surface area contributed by atoms with Gasteiger partial charge >= 0.3 is 0 Å². The Labute approximate surface area is 206 Å². The van der Waals surface area contributed by atoms with Gasteiger partial charge in [0.15, 0.2) is 0 Å². The van der Waals surface area contributed by atoms with E-state index in [1.807, 2.05) is 36.4 Å². The maximum Gasteiger partial charge on any atom is 0.238 e. The number of thiophene rings is 1. The van der Waals surface area contributed by atoms with Crippen LogP contribution >= 0.6 is 11.3 Å². The molecule has 1 aromatic carbocycles. The molecule has 0 spiro atoms. The van der Waals surface area contributed by atoms with Gasteiger partial charge in [-0.05, 0) is 69.9 Å². The van der Waals surface area contributed by atoms with E-state index in [1.54, 1.807) is 11.3 Å². The van der Waals surface area contributed by atoms with E-state index in [-0.39, 0.29) is 11.8 Å². The average molecular weight is 485 g/mol. The molecule has 0 atom stereocenters. The molecule has 4 rings (SSSR count). The van der Waals surface area contributed by atoms with Crippen molar-refractivity contribution in [1.29, 1.82) is 0 Å². The van der Waals surface area contributed by atoms with E-state index in [2.05, 4.69) is 44.7 Å². The van der Waals surface area contributed by atoms with E-state index in [9.17, 15) is 9.59 Å². The van der Waals surface area contributed by atoms with Gasteiger partial charge in [-0.3, -0.25) is 14.5 Å². The molecule has 34 heavy (non-hydrogen) atoms. The summed E-state index contributed by atoms with van der Waals surface area (Å²) in [7, 11) is 4.24. The molecule has 8 nitrogen and oxygen atoms in total. The van der Waals surface area contributed by atoms with Gasteiger partial charge in [0.1, 0.15) is 0 Å². The molecule has 0 saturated carbocycles. The third kappa shape index (κ3) is 7.35. The predicted octanol–water partition coefficient (Wildman–Crippen LogP) is 2.22. The highest BCUT2D eigenvalue weighted by atomic mass is 32.1. The molecule has 2 aliphatic heterocycles. The number of likely N-dealkylation sites (N-methyl/N-ethyl adjacent to an activating group) is 1. The Morgan fingerprint density at radius 1 is 0.853 bits per heavy atom. The van der Waals surface area contributed by atoms with Crippen LogP contribution in [0.25, 0.3) is 10.4 Å². The zero-order chi connectivity index (χ0) is 23.9. The Bertz CT molecular complexity index is 947. The molecule has 3 N–H and O–H groups in total. The lowest BCUT2D eigenvalue weighted by Crippen LogP contribution is -2.47. The van der Waals surface area contributed by atoms with Crippen LogP contribution in [-0.2, 0) is 9.59 Å². The van der Waals surface area contributed by atoms with E-state index in [0.717, 1.165) is 73.2 Å². The van der Waals surface area contributed by atoms with Crippen LogP contribution in [0.2, 0.25) is 0 Å². The smallest absolute Gasteiger partial charge is 0.238 e. The standard InChI is InChI=1S/C25H36N6O2S/c1-29-11-9-20(10-12-29)26-17-23(32)28-25-8-7-22(34-25)19-3-5-21(6-4-19)27-24(33)18-31-15-13-30(2)14-16-31/h3-8,20,26H,9-18H2,1-2H3,(H,27,33)(H,28,32). The summed E-state index contributed by atoms with van der Waals surface area (Å²) >= 11 is 1.55. The number of nitrogens with one attached hydrogen (secondary N) is 3. The Kier molecular flexibility index (Phi) is 8.69. The Morgan fingerprint density at radius 2 is 1.53 bits per heavy atom. The normalized spacial score (nSPS) is 18.6. The molecular formula is C25H36N6O2S. The third-order valence-electron chi connectivity index (χ3n) is 6.55. The number of hydrogen-bond donors (Lipinski definition) is 3. The maximum atomic E-state index is 12.4. The number of hydrogen-bond acceptors (Lipinski definition) is 7. The molecule has 1 aromatic heterocycles. The second-order valence-electron chi connectivity index (χ2n) is 9.38. The van der Waals surface area contributed by atoms with Crippen molar-refractivity contribution < 1.29 is 9.59 Å². The van der Waals surface area contributed by atoms with Crippen molar-refractivity contribution in [1.82, 2.24) is 20.0 Å². The van der Waals surface area contributed by atoms with Crippen LogP contribution in [0.15, 0.2) is 36.4 Å². The van der Waals surface area contributed by atoms with Crippen LogP contribution in [0.5, 0.6) is 0 Å². The number of piperazine rings is 1. The van der Waals surface area contributed by atoms with Gasteiger partial charge in [0.05, 0.1) is 18.1 Å². The van der Waals surface area contributed by atoms with Gasteiger partial charge in [-0.15, -0.1) is 11.3 Å². The number of piperidine rings is 1. The molecule has 2 saturated heterocycles. The quantitative estimate of drug-likeness (QED) is 0.533. The second kappa shape index (κ2) is 11.9. The number of anilines is 2. The average Bonchev–Trinajstić information content (AvgIpc) is 3.29. The highest BCUT2D eigenvalue weighted by Crippen LogP contribution is 2.32. The summed E-state index contributed by atoms with van der Waals surface area (Å²) in [5.74, 6) is 0.0121. The van der Waals surface area contributed by atoms with Crippen LogP contribution < -0.4 is 16.0 Å². The summed E-state index contributed by atoms with van der Waals surface area (Å²) in [6, 6.07) is 12.3. The van der Waals surface area contributed by atoms with E-state index in [0.29, 0.717) is 19.1 Å². The number of benzene rings is 1. The molecule has 2 fully saturated rings. The van der Waals surface area contributed by atoms with Gasteiger partial charge in [0, 0.05) is 42.8 Å². The van der Waals surface area contributed by atoms with Crippen LogP contribution in [0.1, 0.15) is 12.8 Å². The lowest BCUT2D eigenvalue weighted by Gasteiger charge is -2.31. The van der Waals surface area contributed by atoms with Gasteiger partial charge in [-0.2, -0.15) is 0 Å². The van der Waals surface area contributed by atoms with Gasteiger partial charge in [0.2, 0.25) is 11.8 Å². The fourth-order valence-electron chi connectivity index (χ4n) is 4.32. The molecule has 2 aromatic rings. The summed E-state index contributed by atoms with van der Waals surface area (Å²) in [6.07, 6.45) is 2.17. The van der Waals surface area contributed by atoms with Gasteiger partial charge < -0.3 is 25.8 Å². The van der Waals surface area contributed by atoms with Crippen LogP contribution in [0, 0.1) is 0 Å². The highest BCUT2D eigenvalue weighted by molar-refractivity contribution is 7.19. The van der Waals surface area contributed by atoms with Crippen molar-refractivity contribution in [2.75, 3.05) is 77.1 Å². The fourth-order valence-corrected chi connectivity index (χ4v) is 5.25. The monoisotopic (exact) mass is 484 g/mol. The van der Waals surface area contributed by atoms with E-state index in [4.69, 9.17) is 0 Å². The molecule has 3 heterocycles. The maximum absolute atomic E-state index is 12.4. The molecular weight excluding hydrogens is 448 g/mol. The zero-order valence-electron chi connectivity index (χ0n) is 20.2. The van der Waals surface area contributed by atoms with Crippen molar-refractivity contribution in [2.24, 2.45) is 0 Å². The largest absolute Gasteiger partial charge is 0.325 e. The molecule has 0 aliphatic carbocycles. The summed E-state index contributed by atoms with van der Waals surface area (Å²) < 4.78 is 0. The third-order valence-corrected chi connectivity index (χ3v) is 7.60. The number of nitrogens with zero attached hydrogens (tertiary/aromatic N) is 3. The van der Waals surface area contributed by atoms with Crippen molar-refractivity contribution in [3.63, 3.8) is 0 Å². The summed E-state index contributed by atoms with van der Waals surface area (Å²) in [5, 5.41) is 10.2. The van der Waals surface area contributed by atoms with E-state index >= 15 is 0 Å². The summed E-state index contributed by atoms with van der Waals surface area (Å²) in [5.41, 5.74) is 1.86. The minimum Gasteiger partial charge on any atom is -0.325 e. The summed E-state index contributed by atoms with van der Waals surface area (Å²) in [6.45, 7) is 6.77. The molecule has 0 bridgehead atoms. The molecule has 0 radical (unpaired) electrons. The number of carbonyl (C=O) groups is 2. The Morgan fingerprint density at radius 3 is 2.24 bits per heavy atom. The fraction of sp³-hybridized carbons (Fsp3) is 0.520. The van der Waals surface area contributed by atoms with Crippen molar-refractivity contribution in [3.8, 4) is 10.4 Å². The molecule has 184 valence electrons. The first kappa shape index (κ1) is 24.8. The SMILES string of the molecule is CN1CCC(NCC(=O)Nc2ccc(-c3ccc(NC(=O)CN4CCN(C)CC4)cc3)s2)CC1. The highest BCUT2D eigenvalue weighted by Gasteiger charge is 2.18. The van der Waals surface area contributed by atoms with Crippen LogP contribution in [-0.4, -0.2) is 99.0 Å². The minimum absolute atomic E-state index is 0.00858. The van der Waals surface area contributed by atoms with Crippen LogP contribution in [0.4, 0.5) is 10.7 Å². The molecule has 0 unspecified atom stereocenters. The van der Waals surface area contributed by atoms with Gasteiger partial charge in [0.25, 0.3) is 0 Å².